The lowest BCUT2D eigenvalue weighted by molar-refractivity contribution is -0.175. The molecule has 16 heavy (non-hydrogen) atoms. The average Bonchev–Trinajstić information content (AvgIpc) is 2.11. The molecular weight excluding hydrogens is 216 g/mol. The van der Waals surface area contributed by atoms with Gasteiger partial charge in [-0.15, -0.1) is 0 Å². The first kappa shape index (κ1) is 14.4. The summed E-state index contributed by atoms with van der Waals surface area (Å²) in [4.78, 5) is 44.7. The Hall–Kier alpha value is -1.56. The third kappa shape index (κ3) is 2.52. The van der Waals surface area contributed by atoms with Crippen molar-refractivity contribution in [2.75, 3.05) is 0 Å². The number of carboxylic acid groups (broad SMARTS) is 1. The van der Waals surface area contributed by atoms with E-state index in [9.17, 15) is 19.2 Å². The quantitative estimate of drug-likeness (QED) is 0.508. The second-order valence-electron chi connectivity index (χ2n) is 3.59. The van der Waals surface area contributed by atoms with Crippen LogP contribution in [-0.2, 0) is 23.9 Å². The zero-order valence-corrected chi connectivity index (χ0v) is 9.57. The van der Waals surface area contributed by atoms with Gasteiger partial charge in [-0.25, -0.2) is 4.79 Å². The zero-order valence-electron chi connectivity index (χ0n) is 9.57. The van der Waals surface area contributed by atoms with E-state index in [4.69, 9.17) is 9.84 Å². The van der Waals surface area contributed by atoms with Crippen LogP contribution in [-0.4, -0.2) is 40.1 Å². The van der Waals surface area contributed by atoms with Crippen molar-refractivity contribution in [2.24, 2.45) is 0 Å². The third-order valence-electron chi connectivity index (χ3n) is 1.92. The molecule has 0 aromatic heterocycles. The lowest BCUT2D eigenvalue weighted by atomic mass is 9.89. The molecule has 0 bridgehead atoms. The van der Waals surface area contributed by atoms with Gasteiger partial charge in [0.1, 0.15) is 0 Å². The van der Waals surface area contributed by atoms with Crippen molar-refractivity contribution in [3.63, 3.8) is 0 Å². The summed E-state index contributed by atoms with van der Waals surface area (Å²) in [6.45, 7) is 4.89. The van der Waals surface area contributed by atoms with Crippen LogP contribution in [0.5, 0.6) is 0 Å². The highest BCUT2D eigenvalue weighted by Crippen LogP contribution is 2.19. The predicted octanol–water partition coefficient (Wildman–Crippen LogP) is -0.0181. The number of hydrogen-bond acceptors (Lipinski definition) is 5. The lowest BCUT2D eigenvalue weighted by Crippen LogP contribution is -2.57. The van der Waals surface area contributed by atoms with Crippen LogP contribution in [0.1, 0.15) is 27.7 Å². The summed E-state index contributed by atoms with van der Waals surface area (Å²) in [5.74, 6) is -5.28. The summed E-state index contributed by atoms with van der Waals surface area (Å²) in [7, 11) is 0. The molecule has 0 unspecified atom stereocenters. The molecule has 1 N–H and O–H groups in total. The maximum atomic E-state index is 11.4. The molecular formula is C10H14O6. The SMILES string of the molecule is CC(=O)C(OC(C)C)(C(C)=O)C(=O)C(=O)O. The molecule has 0 atom stereocenters. The fraction of sp³-hybridized carbons (Fsp3) is 0.600. The number of hydrogen-bond donors (Lipinski definition) is 1. The zero-order chi connectivity index (χ0) is 13.1. The monoisotopic (exact) mass is 230 g/mol. The Morgan fingerprint density at radius 1 is 1.06 bits per heavy atom. The Labute approximate surface area is 92.6 Å². The van der Waals surface area contributed by atoms with Gasteiger partial charge in [-0.05, 0) is 27.7 Å². The van der Waals surface area contributed by atoms with Crippen molar-refractivity contribution in [3.8, 4) is 0 Å². The molecule has 0 aliphatic rings. The first-order valence-corrected chi connectivity index (χ1v) is 4.63. The number of carbonyl (C=O) groups is 4. The number of rotatable bonds is 6. The van der Waals surface area contributed by atoms with Gasteiger partial charge in [0, 0.05) is 0 Å². The predicted molar refractivity (Wildman–Crippen MR) is 53.0 cm³/mol. The molecule has 0 rings (SSSR count). The van der Waals surface area contributed by atoms with Gasteiger partial charge in [0.25, 0.3) is 11.4 Å². The van der Waals surface area contributed by atoms with Gasteiger partial charge >= 0.3 is 5.97 Å². The maximum Gasteiger partial charge on any atom is 0.376 e. The second-order valence-corrected chi connectivity index (χ2v) is 3.59. The van der Waals surface area contributed by atoms with Crippen LogP contribution < -0.4 is 0 Å². The molecule has 0 amide bonds. The Kier molecular flexibility index (Phi) is 4.49. The van der Waals surface area contributed by atoms with Crippen molar-refractivity contribution < 1.29 is 29.0 Å². The highest BCUT2D eigenvalue weighted by atomic mass is 16.5. The van der Waals surface area contributed by atoms with Crippen LogP contribution in [0.15, 0.2) is 0 Å². The molecule has 0 aliphatic heterocycles. The maximum absolute atomic E-state index is 11.4. The number of aliphatic carboxylic acids is 1. The van der Waals surface area contributed by atoms with E-state index in [1.54, 1.807) is 0 Å². The minimum Gasteiger partial charge on any atom is -0.475 e. The summed E-state index contributed by atoms with van der Waals surface area (Å²) in [6, 6.07) is 0. The third-order valence-corrected chi connectivity index (χ3v) is 1.92. The first-order valence-electron chi connectivity index (χ1n) is 4.63. The molecule has 0 fully saturated rings. The summed E-state index contributed by atoms with van der Waals surface area (Å²) >= 11 is 0. The molecule has 0 aromatic rings. The van der Waals surface area contributed by atoms with Gasteiger partial charge in [0.05, 0.1) is 6.10 Å². The molecule has 0 heterocycles. The molecule has 6 nitrogen and oxygen atoms in total. The fourth-order valence-corrected chi connectivity index (χ4v) is 1.29. The largest absolute Gasteiger partial charge is 0.475 e. The number of Topliss-reactive ketones (excluding diaryl/α,β-unsaturated/α-hetero) is 3. The summed E-state index contributed by atoms with van der Waals surface area (Å²) in [5, 5.41) is 8.59. The van der Waals surface area contributed by atoms with Gasteiger partial charge in [0.15, 0.2) is 11.6 Å². The highest BCUT2D eigenvalue weighted by molar-refractivity contribution is 6.48. The minimum absolute atomic E-state index is 0.629. The molecule has 90 valence electrons. The van der Waals surface area contributed by atoms with E-state index in [0.29, 0.717) is 0 Å². The second kappa shape index (κ2) is 4.98. The lowest BCUT2D eigenvalue weighted by Gasteiger charge is -2.27. The molecule has 0 aromatic carbocycles. The van der Waals surface area contributed by atoms with E-state index < -0.39 is 35.0 Å². The van der Waals surface area contributed by atoms with Crippen LogP contribution in [0.4, 0.5) is 0 Å². The number of ketones is 3. The molecule has 6 heteroatoms. The summed E-state index contributed by atoms with van der Waals surface area (Å²) in [6.07, 6.45) is -0.629. The van der Waals surface area contributed by atoms with E-state index in [0.717, 1.165) is 13.8 Å². The van der Waals surface area contributed by atoms with E-state index in [2.05, 4.69) is 0 Å². The standard InChI is InChI=1S/C10H14O6/c1-5(2)16-10(6(3)11,7(4)12)8(13)9(14)15/h5H,1-4H3,(H,14,15). The van der Waals surface area contributed by atoms with Crippen molar-refractivity contribution in [3.05, 3.63) is 0 Å². The summed E-state index contributed by atoms with van der Waals surface area (Å²) < 4.78 is 4.95. The van der Waals surface area contributed by atoms with Crippen LogP contribution >= 0.6 is 0 Å². The van der Waals surface area contributed by atoms with Crippen LogP contribution in [0.3, 0.4) is 0 Å². The van der Waals surface area contributed by atoms with Gasteiger partial charge < -0.3 is 9.84 Å². The molecule has 0 aliphatic carbocycles. The smallest absolute Gasteiger partial charge is 0.376 e. The Bertz CT molecular complexity index is 327. The van der Waals surface area contributed by atoms with E-state index in [1.165, 1.54) is 13.8 Å². The highest BCUT2D eigenvalue weighted by Gasteiger charge is 2.53. The normalized spacial score (nSPS) is 11.3. The van der Waals surface area contributed by atoms with Crippen molar-refractivity contribution in [1.29, 1.82) is 0 Å². The van der Waals surface area contributed by atoms with Crippen LogP contribution in [0, 0.1) is 0 Å². The van der Waals surface area contributed by atoms with Crippen molar-refractivity contribution in [1.82, 2.24) is 0 Å². The molecule has 0 saturated carbocycles. The topological polar surface area (TPSA) is 97.7 Å². The average molecular weight is 230 g/mol. The molecule has 0 radical (unpaired) electrons. The van der Waals surface area contributed by atoms with Gasteiger partial charge in [0.2, 0.25) is 0 Å². The Balaban J connectivity index is 5.62. The number of carboxylic acids is 1. The van der Waals surface area contributed by atoms with Crippen molar-refractivity contribution >= 4 is 23.3 Å². The van der Waals surface area contributed by atoms with Crippen molar-refractivity contribution in [2.45, 2.75) is 39.4 Å². The first-order chi connectivity index (χ1) is 7.16. The minimum atomic E-state index is -2.51. The number of ether oxygens (including phenoxy) is 1. The van der Waals surface area contributed by atoms with Gasteiger partial charge in [-0.3, -0.25) is 14.4 Å². The van der Waals surface area contributed by atoms with Gasteiger partial charge in [-0.2, -0.15) is 0 Å². The molecule has 0 spiro atoms. The number of carbonyl (C=O) groups excluding carboxylic acids is 3. The Morgan fingerprint density at radius 2 is 1.44 bits per heavy atom. The Morgan fingerprint density at radius 3 is 1.62 bits per heavy atom. The van der Waals surface area contributed by atoms with E-state index in [-0.39, 0.29) is 0 Å². The fourth-order valence-electron chi connectivity index (χ4n) is 1.29. The van der Waals surface area contributed by atoms with Crippen LogP contribution in [0.25, 0.3) is 0 Å². The van der Waals surface area contributed by atoms with E-state index in [1.807, 2.05) is 0 Å². The van der Waals surface area contributed by atoms with Crippen LogP contribution in [0.2, 0.25) is 0 Å². The summed E-state index contributed by atoms with van der Waals surface area (Å²) in [5.41, 5.74) is -2.51. The van der Waals surface area contributed by atoms with E-state index >= 15 is 0 Å². The van der Waals surface area contributed by atoms with Gasteiger partial charge in [-0.1, -0.05) is 0 Å². The molecule has 0 saturated heterocycles.